The first kappa shape index (κ1) is 19.0. The van der Waals surface area contributed by atoms with Gasteiger partial charge >= 0.3 is 0 Å². The molecular formula is C18H29ClN2O. The van der Waals surface area contributed by atoms with E-state index in [1.807, 2.05) is 6.07 Å². The number of carbonyl (C=O) groups is 1. The maximum Gasteiger partial charge on any atom is 0.237 e. The van der Waals surface area contributed by atoms with Gasteiger partial charge in [-0.25, -0.2) is 0 Å². The molecule has 0 radical (unpaired) electrons. The topological polar surface area (TPSA) is 55.1 Å². The molecule has 0 heterocycles. The predicted molar refractivity (Wildman–Crippen MR) is 94.1 cm³/mol. The van der Waals surface area contributed by atoms with E-state index in [1.165, 1.54) is 36.8 Å². The second-order valence-corrected chi connectivity index (χ2v) is 6.66. The first-order valence-corrected chi connectivity index (χ1v) is 8.10. The molecule has 4 heteroatoms. The van der Waals surface area contributed by atoms with Gasteiger partial charge in [-0.2, -0.15) is 0 Å². The Morgan fingerprint density at radius 2 is 2.00 bits per heavy atom. The van der Waals surface area contributed by atoms with E-state index in [-0.39, 0.29) is 24.4 Å². The van der Waals surface area contributed by atoms with Crippen molar-refractivity contribution in [3.63, 3.8) is 0 Å². The minimum absolute atomic E-state index is 0. The van der Waals surface area contributed by atoms with Crippen molar-refractivity contribution < 1.29 is 4.79 Å². The van der Waals surface area contributed by atoms with Crippen molar-refractivity contribution in [3.05, 3.63) is 35.4 Å². The molecule has 1 aromatic rings. The number of benzene rings is 1. The van der Waals surface area contributed by atoms with Gasteiger partial charge in [-0.1, -0.05) is 44.0 Å². The third kappa shape index (κ3) is 4.72. The van der Waals surface area contributed by atoms with Gasteiger partial charge in [-0.05, 0) is 49.7 Å². The summed E-state index contributed by atoms with van der Waals surface area (Å²) in [6.45, 7) is 6.18. The zero-order valence-electron chi connectivity index (χ0n) is 13.8. The number of nitrogens with one attached hydrogen (secondary N) is 1. The Hall–Kier alpha value is -1.06. The van der Waals surface area contributed by atoms with E-state index in [2.05, 4.69) is 37.4 Å². The molecule has 4 atom stereocenters. The molecule has 0 bridgehead atoms. The molecule has 1 amide bonds. The van der Waals surface area contributed by atoms with Gasteiger partial charge < -0.3 is 11.1 Å². The molecule has 0 aromatic heterocycles. The molecule has 1 aliphatic carbocycles. The van der Waals surface area contributed by atoms with Crippen molar-refractivity contribution in [2.24, 2.45) is 17.6 Å². The molecule has 0 aliphatic heterocycles. The minimum atomic E-state index is -0.461. The van der Waals surface area contributed by atoms with Gasteiger partial charge in [0, 0.05) is 0 Å². The second-order valence-electron chi connectivity index (χ2n) is 6.66. The zero-order valence-corrected chi connectivity index (χ0v) is 14.7. The lowest BCUT2D eigenvalue weighted by atomic mass is 9.76. The number of hydrogen-bond donors (Lipinski definition) is 2. The molecule has 3 N–H and O–H groups in total. The summed E-state index contributed by atoms with van der Waals surface area (Å²) in [6, 6.07) is 7.99. The lowest BCUT2D eigenvalue weighted by molar-refractivity contribution is -0.123. The van der Waals surface area contributed by atoms with Crippen LogP contribution in [0.2, 0.25) is 0 Å². The van der Waals surface area contributed by atoms with Crippen molar-refractivity contribution in [1.29, 1.82) is 0 Å². The molecule has 1 fully saturated rings. The van der Waals surface area contributed by atoms with Crippen LogP contribution in [0, 0.1) is 18.8 Å². The van der Waals surface area contributed by atoms with Crippen LogP contribution < -0.4 is 11.1 Å². The standard InChI is InChI=1S/C18H28N2O.ClH/c1-12-7-6-9-15(11-12)17(20-18(21)14(3)19)16-10-5-4-8-13(16)2;/h4-5,8,10,12,14-15,17H,6-7,9,11,19H2,1-3H3,(H,20,21);1H/t12?,14-,15?,17?;/m1./s1. The average Bonchev–Trinajstić information content (AvgIpc) is 2.45. The second kappa shape index (κ2) is 8.54. The Morgan fingerprint density at radius 3 is 2.59 bits per heavy atom. The molecular weight excluding hydrogens is 296 g/mol. The number of amides is 1. The van der Waals surface area contributed by atoms with Crippen LogP contribution in [0.5, 0.6) is 0 Å². The molecule has 1 aliphatic rings. The van der Waals surface area contributed by atoms with Crippen LogP contribution >= 0.6 is 12.4 Å². The largest absolute Gasteiger partial charge is 0.348 e. The average molecular weight is 325 g/mol. The van der Waals surface area contributed by atoms with Crippen LogP contribution in [0.3, 0.4) is 0 Å². The lowest BCUT2D eigenvalue weighted by Crippen LogP contribution is -2.43. The van der Waals surface area contributed by atoms with Crippen LogP contribution in [0.1, 0.15) is 56.7 Å². The van der Waals surface area contributed by atoms with E-state index in [4.69, 9.17) is 5.73 Å². The third-order valence-corrected chi connectivity index (χ3v) is 4.68. The van der Waals surface area contributed by atoms with Gasteiger partial charge in [-0.15, -0.1) is 12.4 Å². The molecule has 22 heavy (non-hydrogen) atoms. The van der Waals surface area contributed by atoms with E-state index >= 15 is 0 Å². The van der Waals surface area contributed by atoms with Crippen LogP contribution in [-0.2, 0) is 4.79 Å². The van der Waals surface area contributed by atoms with Crippen LogP contribution in [0.15, 0.2) is 24.3 Å². The fourth-order valence-electron chi connectivity index (χ4n) is 3.45. The van der Waals surface area contributed by atoms with Crippen molar-refractivity contribution in [1.82, 2.24) is 5.32 Å². The highest BCUT2D eigenvalue weighted by Crippen LogP contribution is 2.38. The highest BCUT2D eigenvalue weighted by molar-refractivity contribution is 5.85. The van der Waals surface area contributed by atoms with E-state index in [9.17, 15) is 4.79 Å². The summed E-state index contributed by atoms with van der Waals surface area (Å²) in [5, 5.41) is 3.20. The summed E-state index contributed by atoms with van der Waals surface area (Å²) in [5.41, 5.74) is 8.23. The highest BCUT2D eigenvalue weighted by atomic mass is 35.5. The summed E-state index contributed by atoms with van der Waals surface area (Å²) in [5.74, 6) is 1.20. The molecule has 1 saturated carbocycles. The number of carbonyl (C=O) groups excluding carboxylic acids is 1. The lowest BCUT2D eigenvalue weighted by Gasteiger charge is -2.35. The normalized spacial score (nSPS) is 24.0. The Morgan fingerprint density at radius 1 is 1.32 bits per heavy atom. The fourth-order valence-corrected chi connectivity index (χ4v) is 3.45. The summed E-state index contributed by atoms with van der Waals surface area (Å²) >= 11 is 0. The number of nitrogens with two attached hydrogens (primary N) is 1. The Labute approximate surface area is 140 Å². The predicted octanol–water partition coefficient (Wildman–Crippen LogP) is 3.75. The van der Waals surface area contributed by atoms with E-state index in [0.29, 0.717) is 5.92 Å². The highest BCUT2D eigenvalue weighted by Gasteiger charge is 2.30. The van der Waals surface area contributed by atoms with Gasteiger partial charge in [0.05, 0.1) is 12.1 Å². The number of hydrogen-bond acceptors (Lipinski definition) is 2. The molecule has 2 rings (SSSR count). The Bertz CT molecular complexity index is 490. The quantitative estimate of drug-likeness (QED) is 0.886. The molecule has 3 nitrogen and oxygen atoms in total. The van der Waals surface area contributed by atoms with Crippen molar-refractivity contribution >= 4 is 18.3 Å². The maximum absolute atomic E-state index is 12.1. The Kier molecular flexibility index (Phi) is 7.37. The minimum Gasteiger partial charge on any atom is -0.348 e. The van der Waals surface area contributed by atoms with Crippen molar-refractivity contribution in [3.8, 4) is 0 Å². The van der Waals surface area contributed by atoms with E-state index in [0.717, 1.165) is 5.92 Å². The SMILES string of the molecule is Cc1ccccc1C(NC(=O)[C@@H](C)N)C1CCCC(C)C1.Cl. The van der Waals surface area contributed by atoms with Crippen LogP contribution in [-0.4, -0.2) is 11.9 Å². The molecule has 0 spiro atoms. The van der Waals surface area contributed by atoms with Gasteiger partial charge in [-0.3, -0.25) is 4.79 Å². The van der Waals surface area contributed by atoms with Crippen molar-refractivity contribution in [2.75, 3.05) is 0 Å². The molecule has 1 aromatic carbocycles. The van der Waals surface area contributed by atoms with Gasteiger partial charge in [0.25, 0.3) is 0 Å². The number of rotatable bonds is 4. The van der Waals surface area contributed by atoms with Crippen LogP contribution in [0.4, 0.5) is 0 Å². The van der Waals surface area contributed by atoms with Gasteiger partial charge in [0.1, 0.15) is 0 Å². The molecule has 3 unspecified atom stereocenters. The smallest absolute Gasteiger partial charge is 0.237 e. The zero-order chi connectivity index (χ0) is 15.4. The van der Waals surface area contributed by atoms with Gasteiger partial charge in [0.15, 0.2) is 0 Å². The van der Waals surface area contributed by atoms with Gasteiger partial charge in [0.2, 0.25) is 5.91 Å². The van der Waals surface area contributed by atoms with Crippen molar-refractivity contribution in [2.45, 2.75) is 58.5 Å². The number of aryl methyl sites for hydroxylation is 1. The summed E-state index contributed by atoms with van der Waals surface area (Å²) in [6.07, 6.45) is 4.92. The fraction of sp³-hybridized carbons (Fsp3) is 0.611. The Balaban J connectivity index is 0.00000242. The van der Waals surface area contributed by atoms with E-state index in [1.54, 1.807) is 6.92 Å². The molecule has 124 valence electrons. The summed E-state index contributed by atoms with van der Waals surface area (Å²) in [4.78, 5) is 12.1. The first-order valence-electron chi connectivity index (χ1n) is 8.10. The summed E-state index contributed by atoms with van der Waals surface area (Å²) < 4.78 is 0. The third-order valence-electron chi connectivity index (χ3n) is 4.68. The first-order chi connectivity index (χ1) is 9.99. The monoisotopic (exact) mass is 324 g/mol. The number of halogens is 1. The maximum atomic E-state index is 12.1. The van der Waals surface area contributed by atoms with Crippen LogP contribution in [0.25, 0.3) is 0 Å². The van der Waals surface area contributed by atoms with E-state index < -0.39 is 6.04 Å². The molecule has 0 saturated heterocycles. The summed E-state index contributed by atoms with van der Waals surface area (Å²) in [7, 11) is 0.